The summed E-state index contributed by atoms with van der Waals surface area (Å²) in [4.78, 5) is 46.0. The molecule has 23 heavy (non-hydrogen) atoms. The van der Waals surface area contributed by atoms with Crippen molar-refractivity contribution in [2.75, 3.05) is 19.5 Å². The highest BCUT2D eigenvalue weighted by Gasteiger charge is 2.23. The number of ketones is 1. The molecule has 0 radical (unpaired) electrons. The minimum absolute atomic E-state index is 0.0777. The zero-order valence-electron chi connectivity index (χ0n) is 12.7. The molecule has 0 spiro atoms. The lowest BCUT2D eigenvalue weighted by Crippen LogP contribution is -2.14. The molecule has 2 rings (SSSR count). The van der Waals surface area contributed by atoms with Crippen LogP contribution < -0.4 is 5.32 Å². The number of nitrogens with zero attached hydrogens (tertiary/aromatic N) is 1. The molecule has 0 bridgehead atoms. The molecule has 0 fully saturated rings. The number of hydrogen-bond donors (Lipinski definition) is 1. The number of carbonyl (C=O) groups is 4. The Bertz CT molecular complexity index is 821. The summed E-state index contributed by atoms with van der Waals surface area (Å²) in [7, 11) is 2.43. The molecule has 1 aromatic heterocycles. The topological polar surface area (TPSA) is 104 Å². The Kier molecular flexibility index (Phi) is 4.44. The van der Waals surface area contributed by atoms with Gasteiger partial charge in [-0.15, -0.1) is 0 Å². The van der Waals surface area contributed by atoms with Gasteiger partial charge in [-0.25, -0.2) is 14.2 Å². The van der Waals surface area contributed by atoms with E-state index in [0.717, 1.165) is 0 Å². The lowest BCUT2D eigenvalue weighted by molar-refractivity contribution is -0.104. The number of fused-ring (bicyclic) bond motifs is 1. The fraction of sp³-hybridized carbons (Fsp3) is 0.200. The SMILES string of the molecule is COC(=O)Nc1ccc2c(c1)c(C(=O)C=O)c(C)n2C(=O)OC. The van der Waals surface area contributed by atoms with Gasteiger partial charge in [0.15, 0.2) is 6.29 Å². The summed E-state index contributed by atoms with van der Waals surface area (Å²) < 4.78 is 10.4. The van der Waals surface area contributed by atoms with Gasteiger partial charge in [-0.1, -0.05) is 0 Å². The van der Waals surface area contributed by atoms with E-state index in [4.69, 9.17) is 4.74 Å². The van der Waals surface area contributed by atoms with E-state index in [1.807, 2.05) is 0 Å². The second kappa shape index (κ2) is 6.30. The van der Waals surface area contributed by atoms with Gasteiger partial charge in [0.05, 0.1) is 25.3 Å². The first-order valence-corrected chi connectivity index (χ1v) is 6.52. The van der Waals surface area contributed by atoms with Crippen LogP contribution >= 0.6 is 0 Å². The summed E-state index contributed by atoms with van der Waals surface area (Å²) in [6, 6.07) is 4.55. The van der Waals surface area contributed by atoms with E-state index < -0.39 is 18.0 Å². The molecule has 8 heteroatoms. The lowest BCUT2D eigenvalue weighted by atomic mass is 10.1. The summed E-state index contributed by atoms with van der Waals surface area (Å²) in [6.07, 6.45) is -1.20. The van der Waals surface area contributed by atoms with Gasteiger partial charge in [-0.2, -0.15) is 0 Å². The number of benzene rings is 1. The predicted octanol–water partition coefficient (Wildman–Crippen LogP) is 2.12. The van der Waals surface area contributed by atoms with Gasteiger partial charge in [0.2, 0.25) is 5.78 Å². The minimum atomic E-state index is -0.773. The van der Waals surface area contributed by atoms with E-state index in [2.05, 4.69) is 10.1 Å². The maximum atomic E-state index is 11.9. The van der Waals surface area contributed by atoms with Crippen molar-refractivity contribution in [3.8, 4) is 0 Å². The Hall–Kier alpha value is -3.16. The summed E-state index contributed by atoms with van der Waals surface area (Å²) in [5, 5.41) is 2.80. The average Bonchev–Trinajstić information content (AvgIpc) is 2.84. The van der Waals surface area contributed by atoms with Crippen LogP contribution in [0.25, 0.3) is 10.9 Å². The van der Waals surface area contributed by atoms with Crippen LogP contribution in [0.2, 0.25) is 0 Å². The van der Waals surface area contributed by atoms with E-state index in [9.17, 15) is 19.2 Å². The highest BCUT2D eigenvalue weighted by molar-refractivity contribution is 6.37. The van der Waals surface area contributed by atoms with E-state index in [0.29, 0.717) is 16.6 Å². The van der Waals surface area contributed by atoms with Crippen molar-refractivity contribution in [3.05, 3.63) is 29.5 Å². The number of anilines is 1. The van der Waals surface area contributed by atoms with E-state index >= 15 is 0 Å². The number of nitrogens with one attached hydrogen (secondary N) is 1. The van der Waals surface area contributed by atoms with Crippen LogP contribution in [0.1, 0.15) is 16.1 Å². The van der Waals surface area contributed by atoms with Crippen LogP contribution in [0.3, 0.4) is 0 Å². The quantitative estimate of drug-likeness (QED) is 0.528. The Balaban J connectivity index is 2.73. The number of Topliss-reactive ketones (excluding diaryl/α,β-unsaturated/α-hetero) is 1. The first kappa shape index (κ1) is 16.2. The molecule has 120 valence electrons. The van der Waals surface area contributed by atoms with Crippen LogP contribution in [-0.4, -0.2) is 43.0 Å². The van der Waals surface area contributed by atoms with Crippen molar-refractivity contribution in [1.82, 2.24) is 4.57 Å². The molecular formula is C15H14N2O6. The molecule has 1 heterocycles. The fourth-order valence-electron chi connectivity index (χ4n) is 2.36. The highest BCUT2D eigenvalue weighted by Crippen LogP contribution is 2.29. The summed E-state index contributed by atoms with van der Waals surface area (Å²) in [5.41, 5.74) is 1.09. The van der Waals surface area contributed by atoms with E-state index in [1.54, 1.807) is 0 Å². The lowest BCUT2D eigenvalue weighted by Gasteiger charge is -2.06. The normalized spacial score (nSPS) is 10.2. The maximum Gasteiger partial charge on any atom is 0.418 e. The number of methoxy groups -OCH3 is 2. The molecule has 1 amide bonds. The van der Waals surface area contributed by atoms with Gasteiger partial charge in [-0.05, 0) is 25.1 Å². The summed E-state index contributed by atoms with van der Waals surface area (Å²) in [6.45, 7) is 1.53. The van der Waals surface area contributed by atoms with E-state index in [1.165, 1.54) is 43.9 Å². The predicted molar refractivity (Wildman–Crippen MR) is 80.9 cm³/mol. The third-order valence-electron chi connectivity index (χ3n) is 3.35. The van der Waals surface area contributed by atoms with Crippen molar-refractivity contribution in [3.63, 3.8) is 0 Å². The van der Waals surface area contributed by atoms with Gasteiger partial charge < -0.3 is 9.47 Å². The average molecular weight is 318 g/mol. The minimum Gasteiger partial charge on any atom is -0.453 e. The standard InChI is InChI=1S/C15H14N2O6/c1-8-13(12(19)7-18)10-6-9(16-14(20)22-2)4-5-11(10)17(8)15(21)23-3/h4-7H,1-3H3,(H,16,20). The fourth-order valence-corrected chi connectivity index (χ4v) is 2.36. The molecule has 2 aromatic rings. The van der Waals surface area contributed by atoms with Crippen LogP contribution in [-0.2, 0) is 14.3 Å². The Morgan fingerprint density at radius 1 is 1.17 bits per heavy atom. The molecular weight excluding hydrogens is 304 g/mol. The molecule has 1 N–H and O–H groups in total. The van der Waals surface area contributed by atoms with Crippen LogP contribution in [0.15, 0.2) is 18.2 Å². The van der Waals surface area contributed by atoms with Gasteiger partial charge in [0.1, 0.15) is 0 Å². The molecule has 0 atom stereocenters. The van der Waals surface area contributed by atoms with Crippen LogP contribution in [0, 0.1) is 6.92 Å². The number of aromatic nitrogens is 1. The number of rotatable bonds is 3. The number of ether oxygens (including phenoxy) is 2. The number of aldehydes is 1. The number of carbonyl (C=O) groups excluding carboxylic acids is 4. The number of hydrogen-bond acceptors (Lipinski definition) is 6. The third kappa shape index (κ3) is 2.78. The maximum absolute atomic E-state index is 11.9. The van der Waals surface area contributed by atoms with Crippen LogP contribution in [0.5, 0.6) is 0 Å². The summed E-state index contributed by atoms with van der Waals surface area (Å²) in [5.74, 6) is -0.773. The molecule has 8 nitrogen and oxygen atoms in total. The second-order valence-electron chi connectivity index (χ2n) is 4.60. The first-order valence-electron chi connectivity index (χ1n) is 6.52. The van der Waals surface area contributed by atoms with Gasteiger partial charge >= 0.3 is 12.2 Å². The smallest absolute Gasteiger partial charge is 0.418 e. The van der Waals surface area contributed by atoms with E-state index in [-0.39, 0.29) is 17.5 Å². The van der Waals surface area contributed by atoms with Crippen molar-refractivity contribution in [1.29, 1.82) is 0 Å². The van der Waals surface area contributed by atoms with Gasteiger partial charge in [0, 0.05) is 16.8 Å². The monoisotopic (exact) mass is 318 g/mol. The molecule has 0 saturated carbocycles. The van der Waals surface area contributed by atoms with Gasteiger partial charge in [0.25, 0.3) is 0 Å². The van der Waals surface area contributed by atoms with Crippen molar-refractivity contribution in [2.24, 2.45) is 0 Å². The third-order valence-corrected chi connectivity index (χ3v) is 3.35. The van der Waals surface area contributed by atoms with Crippen molar-refractivity contribution >= 4 is 40.8 Å². The summed E-state index contributed by atoms with van der Waals surface area (Å²) >= 11 is 0. The zero-order chi connectivity index (χ0) is 17.1. The van der Waals surface area contributed by atoms with Crippen molar-refractivity contribution < 1.29 is 28.7 Å². The second-order valence-corrected chi connectivity index (χ2v) is 4.60. The van der Waals surface area contributed by atoms with Crippen molar-refractivity contribution in [2.45, 2.75) is 6.92 Å². The Labute approximate surface area is 131 Å². The van der Waals surface area contributed by atoms with Gasteiger partial charge in [-0.3, -0.25) is 14.9 Å². The van der Waals surface area contributed by atoms with Crippen LogP contribution in [0.4, 0.5) is 15.3 Å². The highest BCUT2D eigenvalue weighted by atomic mass is 16.5. The molecule has 0 aliphatic rings. The number of amides is 1. The Morgan fingerprint density at radius 3 is 2.43 bits per heavy atom. The zero-order valence-corrected chi connectivity index (χ0v) is 12.7. The first-order chi connectivity index (χ1) is 10.9. The largest absolute Gasteiger partial charge is 0.453 e. The molecule has 0 aliphatic heterocycles. The molecule has 1 aromatic carbocycles. The molecule has 0 aliphatic carbocycles. The Morgan fingerprint density at radius 2 is 1.87 bits per heavy atom. The molecule has 0 saturated heterocycles. The molecule has 0 unspecified atom stereocenters.